The lowest BCUT2D eigenvalue weighted by Gasteiger charge is -2.28. The second kappa shape index (κ2) is 5.36. The lowest BCUT2D eigenvalue weighted by atomic mass is 9.88. The van der Waals surface area contributed by atoms with Crippen molar-refractivity contribution in [3.8, 4) is 0 Å². The van der Waals surface area contributed by atoms with Gasteiger partial charge in [0.25, 0.3) is 0 Å². The standard InChI is InChI=1S/C14H17F3N2O2/c15-14(16,17)8-19(7-10-2-1-5-21-10)13(20)11-6-9-3-4-12(11)18-9/h1-2,5,9,11-12,18H,3-4,6-8H2. The second-order valence-corrected chi connectivity index (χ2v) is 5.78. The number of fused-ring (bicyclic) bond motifs is 2. The molecular formula is C14H17F3N2O2. The molecule has 3 unspecified atom stereocenters. The minimum absolute atomic E-state index is 0.0230. The Bertz CT molecular complexity index is 501. The van der Waals surface area contributed by atoms with Crippen LogP contribution >= 0.6 is 0 Å². The van der Waals surface area contributed by atoms with E-state index in [0.29, 0.717) is 12.2 Å². The van der Waals surface area contributed by atoms with Crippen LogP contribution in [0.25, 0.3) is 0 Å². The highest BCUT2D eigenvalue weighted by molar-refractivity contribution is 5.80. The molecule has 2 saturated heterocycles. The normalized spacial score (nSPS) is 28.0. The van der Waals surface area contributed by atoms with E-state index in [1.54, 1.807) is 12.1 Å². The maximum atomic E-state index is 12.7. The molecule has 1 aromatic heterocycles. The summed E-state index contributed by atoms with van der Waals surface area (Å²) in [6.07, 6.45) is -0.512. The van der Waals surface area contributed by atoms with Gasteiger partial charge in [0.15, 0.2) is 0 Å². The average Bonchev–Trinajstić information content (AvgIpc) is 3.12. The zero-order valence-electron chi connectivity index (χ0n) is 11.4. The molecule has 2 aliphatic rings. The molecule has 2 fully saturated rings. The Morgan fingerprint density at radius 1 is 1.43 bits per heavy atom. The topological polar surface area (TPSA) is 45.5 Å². The molecule has 1 aromatic rings. The van der Waals surface area contributed by atoms with E-state index in [0.717, 1.165) is 17.7 Å². The number of alkyl halides is 3. The van der Waals surface area contributed by atoms with E-state index in [2.05, 4.69) is 5.32 Å². The lowest BCUT2D eigenvalue weighted by Crippen LogP contribution is -2.44. The Hall–Kier alpha value is -1.50. The van der Waals surface area contributed by atoms with Gasteiger partial charge in [-0.2, -0.15) is 13.2 Å². The van der Waals surface area contributed by atoms with Crippen LogP contribution in [0.2, 0.25) is 0 Å². The maximum Gasteiger partial charge on any atom is 0.406 e. The lowest BCUT2D eigenvalue weighted by molar-refractivity contribution is -0.165. The number of carbonyl (C=O) groups excluding carboxylic acids is 1. The van der Waals surface area contributed by atoms with Gasteiger partial charge in [0, 0.05) is 12.1 Å². The van der Waals surface area contributed by atoms with Crippen molar-refractivity contribution in [2.45, 2.75) is 44.1 Å². The first kappa shape index (κ1) is 14.4. The highest BCUT2D eigenvalue weighted by Gasteiger charge is 2.45. The molecule has 3 atom stereocenters. The first-order valence-electron chi connectivity index (χ1n) is 7.06. The van der Waals surface area contributed by atoms with Gasteiger partial charge in [-0.25, -0.2) is 0 Å². The Morgan fingerprint density at radius 3 is 2.76 bits per heavy atom. The van der Waals surface area contributed by atoms with Gasteiger partial charge < -0.3 is 14.6 Å². The molecule has 3 rings (SSSR count). The van der Waals surface area contributed by atoms with Gasteiger partial charge in [-0.15, -0.1) is 0 Å². The van der Waals surface area contributed by atoms with E-state index in [4.69, 9.17) is 4.42 Å². The summed E-state index contributed by atoms with van der Waals surface area (Å²) in [5, 5.41) is 3.28. The molecule has 4 nitrogen and oxygen atoms in total. The SMILES string of the molecule is O=C(C1CC2CCC1N2)N(Cc1ccco1)CC(F)(F)F. The minimum Gasteiger partial charge on any atom is -0.467 e. The summed E-state index contributed by atoms with van der Waals surface area (Å²) < 4.78 is 43.3. The molecule has 2 aliphatic heterocycles. The van der Waals surface area contributed by atoms with E-state index in [1.807, 2.05) is 0 Å². The zero-order valence-corrected chi connectivity index (χ0v) is 11.4. The van der Waals surface area contributed by atoms with E-state index >= 15 is 0 Å². The Morgan fingerprint density at radius 2 is 2.24 bits per heavy atom. The number of carbonyl (C=O) groups is 1. The highest BCUT2D eigenvalue weighted by atomic mass is 19.4. The van der Waals surface area contributed by atoms with Gasteiger partial charge in [-0.1, -0.05) is 0 Å². The van der Waals surface area contributed by atoms with E-state index in [9.17, 15) is 18.0 Å². The number of hydrogen-bond donors (Lipinski definition) is 1. The van der Waals surface area contributed by atoms with Crippen LogP contribution < -0.4 is 5.32 Å². The Balaban J connectivity index is 1.72. The van der Waals surface area contributed by atoms with Crippen molar-refractivity contribution in [2.24, 2.45) is 5.92 Å². The molecule has 3 heterocycles. The Kier molecular flexibility index (Phi) is 3.69. The predicted molar refractivity (Wildman–Crippen MR) is 68.2 cm³/mol. The van der Waals surface area contributed by atoms with Gasteiger partial charge in [-0.3, -0.25) is 4.79 Å². The molecule has 0 radical (unpaired) electrons. The summed E-state index contributed by atoms with van der Waals surface area (Å²) in [6, 6.07) is 3.48. The number of nitrogens with zero attached hydrogens (tertiary/aromatic N) is 1. The molecule has 1 N–H and O–H groups in total. The van der Waals surface area contributed by atoms with Gasteiger partial charge >= 0.3 is 6.18 Å². The highest BCUT2D eigenvalue weighted by Crippen LogP contribution is 2.35. The predicted octanol–water partition coefficient (Wildman–Crippen LogP) is 2.31. The third-order valence-corrected chi connectivity index (χ3v) is 4.23. The molecule has 0 aromatic carbocycles. The summed E-state index contributed by atoms with van der Waals surface area (Å²) in [5.41, 5.74) is 0. The van der Waals surface area contributed by atoms with Gasteiger partial charge in [0.1, 0.15) is 12.3 Å². The summed E-state index contributed by atoms with van der Waals surface area (Å²) in [7, 11) is 0. The van der Waals surface area contributed by atoms with Crippen LogP contribution in [0.3, 0.4) is 0 Å². The van der Waals surface area contributed by atoms with Crippen molar-refractivity contribution in [3.05, 3.63) is 24.2 Å². The summed E-state index contributed by atoms with van der Waals surface area (Å²) >= 11 is 0. The fourth-order valence-electron chi connectivity index (χ4n) is 3.35. The molecule has 116 valence electrons. The van der Waals surface area contributed by atoms with Crippen molar-refractivity contribution < 1.29 is 22.4 Å². The molecule has 0 aliphatic carbocycles. The van der Waals surface area contributed by atoms with Crippen molar-refractivity contribution >= 4 is 5.91 Å². The minimum atomic E-state index is -4.41. The first-order valence-corrected chi connectivity index (χ1v) is 7.06. The number of halogens is 3. The monoisotopic (exact) mass is 302 g/mol. The van der Waals surface area contributed by atoms with Crippen LogP contribution in [0.15, 0.2) is 22.8 Å². The number of amides is 1. The fraction of sp³-hybridized carbons (Fsp3) is 0.643. The van der Waals surface area contributed by atoms with Crippen LogP contribution in [-0.4, -0.2) is 35.6 Å². The van der Waals surface area contributed by atoms with E-state index in [1.165, 1.54) is 6.26 Å². The zero-order chi connectivity index (χ0) is 15.0. The smallest absolute Gasteiger partial charge is 0.406 e. The van der Waals surface area contributed by atoms with Crippen LogP contribution in [0.4, 0.5) is 13.2 Å². The van der Waals surface area contributed by atoms with Crippen LogP contribution in [0, 0.1) is 5.92 Å². The first-order chi connectivity index (χ1) is 9.92. The quantitative estimate of drug-likeness (QED) is 0.928. The molecule has 0 spiro atoms. The maximum absolute atomic E-state index is 12.7. The van der Waals surface area contributed by atoms with Crippen LogP contribution in [-0.2, 0) is 11.3 Å². The average molecular weight is 302 g/mol. The van der Waals surface area contributed by atoms with Gasteiger partial charge in [-0.05, 0) is 31.4 Å². The van der Waals surface area contributed by atoms with Crippen molar-refractivity contribution in [2.75, 3.05) is 6.54 Å². The largest absolute Gasteiger partial charge is 0.467 e. The number of nitrogens with one attached hydrogen (secondary N) is 1. The summed E-state index contributed by atoms with van der Waals surface area (Å²) in [6.45, 7) is -1.38. The van der Waals surface area contributed by atoms with Crippen LogP contribution in [0.1, 0.15) is 25.0 Å². The Labute approximate surface area is 120 Å². The van der Waals surface area contributed by atoms with Crippen LogP contribution in [0.5, 0.6) is 0 Å². The molecular weight excluding hydrogens is 285 g/mol. The molecule has 21 heavy (non-hydrogen) atoms. The van der Waals surface area contributed by atoms with E-state index < -0.39 is 18.6 Å². The van der Waals surface area contributed by atoms with E-state index in [-0.39, 0.29) is 24.5 Å². The third-order valence-electron chi connectivity index (χ3n) is 4.23. The van der Waals surface area contributed by atoms with Gasteiger partial charge in [0.05, 0.1) is 18.7 Å². The molecule has 1 amide bonds. The van der Waals surface area contributed by atoms with Crippen molar-refractivity contribution in [1.29, 1.82) is 0 Å². The van der Waals surface area contributed by atoms with Gasteiger partial charge in [0.2, 0.25) is 5.91 Å². The van der Waals surface area contributed by atoms with Crippen molar-refractivity contribution in [1.82, 2.24) is 10.2 Å². The molecule has 2 bridgehead atoms. The summed E-state index contributed by atoms with van der Waals surface area (Å²) in [4.78, 5) is 13.4. The molecule has 7 heteroatoms. The summed E-state index contributed by atoms with van der Waals surface area (Å²) in [5.74, 6) is -0.409. The fourth-order valence-corrected chi connectivity index (χ4v) is 3.35. The van der Waals surface area contributed by atoms with Crippen molar-refractivity contribution in [3.63, 3.8) is 0 Å². The second-order valence-electron chi connectivity index (χ2n) is 5.78. The third kappa shape index (κ3) is 3.23. The number of hydrogen-bond acceptors (Lipinski definition) is 3. The molecule has 0 saturated carbocycles. The number of rotatable bonds is 4. The number of furan rings is 1.